The van der Waals surface area contributed by atoms with E-state index in [0.29, 0.717) is 11.6 Å². The van der Waals surface area contributed by atoms with Crippen molar-refractivity contribution in [3.63, 3.8) is 0 Å². The zero-order chi connectivity index (χ0) is 17.8. The van der Waals surface area contributed by atoms with E-state index in [9.17, 15) is 4.79 Å². The zero-order valence-corrected chi connectivity index (χ0v) is 15.8. The molecule has 0 saturated carbocycles. The number of morpholine rings is 1. The number of anilines is 1. The fraction of sp³-hybridized carbons (Fsp3) is 0.474. The van der Waals surface area contributed by atoms with Gasteiger partial charge in [0.15, 0.2) is 5.13 Å². The van der Waals surface area contributed by atoms with Crippen LogP contribution in [0.2, 0.25) is 0 Å². The van der Waals surface area contributed by atoms with Crippen molar-refractivity contribution in [2.24, 2.45) is 0 Å². The molecule has 1 aliphatic rings. The van der Waals surface area contributed by atoms with E-state index < -0.39 is 0 Å². The molecule has 1 aromatic carbocycles. The number of nitrogens with one attached hydrogen (secondary N) is 1. The third kappa shape index (κ3) is 5.36. The van der Waals surface area contributed by atoms with Crippen molar-refractivity contribution in [2.75, 3.05) is 18.4 Å². The highest BCUT2D eigenvalue weighted by atomic mass is 32.1. The lowest BCUT2D eigenvalue weighted by atomic mass is 10.1. The maximum absolute atomic E-state index is 12.2. The Morgan fingerprint density at radius 1 is 1.28 bits per heavy atom. The van der Waals surface area contributed by atoms with Crippen molar-refractivity contribution >= 4 is 22.4 Å². The van der Waals surface area contributed by atoms with Crippen molar-refractivity contribution in [2.45, 2.75) is 45.9 Å². The van der Waals surface area contributed by atoms with Crippen LogP contribution in [0, 0.1) is 6.92 Å². The van der Waals surface area contributed by atoms with Gasteiger partial charge in [0.1, 0.15) is 0 Å². The Labute approximate surface area is 153 Å². The summed E-state index contributed by atoms with van der Waals surface area (Å²) >= 11 is 1.48. The van der Waals surface area contributed by atoms with Crippen LogP contribution in [0.25, 0.3) is 0 Å². The van der Waals surface area contributed by atoms with Crippen LogP contribution in [0.4, 0.5) is 5.13 Å². The predicted octanol–water partition coefficient (Wildman–Crippen LogP) is 3.24. The molecule has 25 heavy (non-hydrogen) atoms. The van der Waals surface area contributed by atoms with Crippen LogP contribution < -0.4 is 5.32 Å². The number of benzene rings is 1. The Hall–Kier alpha value is -1.76. The summed E-state index contributed by atoms with van der Waals surface area (Å²) < 4.78 is 5.76. The molecule has 1 fully saturated rings. The second-order valence-corrected chi connectivity index (χ2v) is 7.66. The van der Waals surface area contributed by atoms with E-state index >= 15 is 0 Å². The number of nitrogens with zero attached hydrogens (tertiary/aromatic N) is 2. The first-order valence-electron chi connectivity index (χ1n) is 8.65. The maximum atomic E-state index is 12.2. The Balaban J connectivity index is 1.52. The Kier molecular flexibility index (Phi) is 5.83. The first kappa shape index (κ1) is 18.0. The van der Waals surface area contributed by atoms with Gasteiger partial charge in [-0.3, -0.25) is 9.69 Å². The number of rotatable bonds is 5. The summed E-state index contributed by atoms with van der Waals surface area (Å²) in [7, 11) is 0. The van der Waals surface area contributed by atoms with Crippen LogP contribution in [0.1, 0.15) is 30.7 Å². The summed E-state index contributed by atoms with van der Waals surface area (Å²) in [5.41, 5.74) is 3.20. The molecule has 2 heterocycles. The predicted molar refractivity (Wildman–Crippen MR) is 101 cm³/mol. The second kappa shape index (κ2) is 8.08. The fourth-order valence-electron chi connectivity index (χ4n) is 3.13. The highest BCUT2D eigenvalue weighted by molar-refractivity contribution is 7.13. The van der Waals surface area contributed by atoms with Crippen LogP contribution in [0.3, 0.4) is 0 Å². The van der Waals surface area contributed by atoms with Crippen LogP contribution in [-0.2, 0) is 22.5 Å². The molecule has 1 aromatic heterocycles. The molecule has 0 spiro atoms. The van der Waals surface area contributed by atoms with Gasteiger partial charge in [0, 0.05) is 25.0 Å². The van der Waals surface area contributed by atoms with E-state index in [2.05, 4.69) is 29.0 Å². The normalized spacial score (nSPS) is 21.2. The second-order valence-electron chi connectivity index (χ2n) is 6.81. The summed E-state index contributed by atoms with van der Waals surface area (Å²) in [6, 6.07) is 8.02. The largest absolute Gasteiger partial charge is 0.373 e. The molecule has 1 aliphatic heterocycles. The van der Waals surface area contributed by atoms with Gasteiger partial charge in [0.2, 0.25) is 5.91 Å². The van der Waals surface area contributed by atoms with Gasteiger partial charge in [-0.2, -0.15) is 0 Å². The molecule has 2 atom stereocenters. The lowest BCUT2D eigenvalue weighted by Gasteiger charge is -2.34. The standard InChI is InChI=1S/C19H25N3O2S/c1-13-4-6-16(7-5-13)8-18(23)21-19-20-17(12-25-19)11-22-9-14(2)24-15(3)10-22/h4-7,12,14-15H,8-11H2,1-3H3,(H,20,21,23)/t14-,15-/m0/s1. The van der Waals surface area contributed by atoms with Crippen LogP contribution in [0.5, 0.6) is 0 Å². The van der Waals surface area contributed by atoms with Gasteiger partial charge >= 0.3 is 0 Å². The van der Waals surface area contributed by atoms with E-state index in [-0.39, 0.29) is 18.1 Å². The third-order valence-electron chi connectivity index (χ3n) is 4.16. The molecule has 0 radical (unpaired) electrons. The topological polar surface area (TPSA) is 54.5 Å². The quantitative estimate of drug-likeness (QED) is 0.890. The highest BCUT2D eigenvalue weighted by Crippen LogP contribution is 2.19. The highest BCUT2D eigenvalue weighted by Gasteiger charge is 2.22. The van der Waals surface area contributed by atoms with E-state index in [1.807, 2.05) is 36.6 Å². The minimum absolute atomic E-state index is 0.0293. The molecule has 1 saturated heterocycles. The van der Waals surface area contributed by atoms with Crippen molar-refractivity contribution < 1.29 is 9.53 Å². The van der Waals surface area contributed by atoms with Crippen LogP contribution in [0.15, 0.2) is 29.6 Å². The van der Waals surface area contributed by atoms with Gasteiger partial charge in [-0.25, -0.2) is 4.98 Å². The summed E-state index contributed by atoms with van der Waals surface area (Å²) in [6.45, 7) is 8.86. The number of amides is 1. The number of aryl methyl sites for hydroxylation is 1. The third-order valence-corrected chi connectivity index (χ3v) is 4.97. The molecular weight excluding hydrogens is 334 g/mol. The Morgan fingerprint density at radius 2 is 1.96 bits per heavy atom. The molecule has 0 bridgehead atoms. The van der Waals surface area contributed by atoms with Crippen LogP contribution in [-0.4, -0.2) is 41.1 Å². The Bertz CT molecular complexity index is 704. The van der Waals surface area contributed by atoms with Crippen molar-refractivity contribution in [1.82, 2.24) is 9.88 Å². The number of ether oxygens (including phenoxy) is 1. The van der Waals surface area contributed by atoms with Gasteiger partial charge in [-0.1, -0.05) is 29.8 Å². The smallest absolute Gasteiger partial charge is 0.230 e. The molecule has 1 amide bonds. The summed E-state index contributed by atoms with van der Waals surface area (Å²) in [4.78, 5) is 19.1. The summed E-state index contributed by atoms with van der Waals surface area (Å²) in [5, 5.41) is 5.59. The minimum atomic E-state index is -0.0293. The lowest BCUT2D eigenvalue weighted by molar-refractivity contribution is -0.115. The van der Waals surface area contributed by atoms with Crippen LogP contribution >= 0.6 is 11.3 Å². The van der Waals surface area contributed by atoms with Gasteiger partial charge in [-0.15, -0.1) is 11.3 Å². The fourth-order valence-corrected chi connectivity index (χ4v) is 3.85. The van der Waals surface area contributed by atoms with Gasteiger partial charge in [-0.05, 0) is 26.3 Å². The molecule has 0 unspecified atom stereocenters. The molecule has 3 rings (SSSR count). The number of carbonyl (C=O) groups excluding carboxylic acids is 1. The average Bonchev–Trinajstić information content (AvgIpc) is 2.95. The van der Waals surface area contributed by atoms with E-state index in [0.717, 1.165) is 30.9 Å². The summed E-state index contributed by atoms with van der Waals surface area (Å²) in [5.74, 6) is -0.0293. The SMILES string of the molecule is Cc1ccc(CC(=O)Nc2nc(CN3C[C@H](C)O[C@@H](C)C3)cs2)cc1. The lowest BCUT2D eigenvalue weighted by Crippen LogP contribution is -2.44. The molecule has 134 valence electrons. The van der Waals surface area contributed by atoms with Gasteiger partial charge in [0.05, 0.1) is 24.3 Å². The number of hydrogen-bond acceptors (Lipinski definition) is 5. The molecule has 2 aromatic rings. The van der Waals surface area contributed by atoms with Crippen molar-refractivity contribution in [3.05, 3.63) is 46.5 Å². The van der Waals surface area contributed by atoms with Crippen molar-refractivity contribution in [1.29, 1.82) is 0 Å². The molecule has 6 heteroatoms. The van der Waals surface area contributed by atoms with E-state index in [1.54, 1.807) is 0 Å². The van der Waals surface area contributed by atoms with Crippen molar-refractivity contribution in [3.8, 4) is 0 Å². The Morgan fingerprint density at radius 3 is 2.64 bits per heavy atom. The van der Waals surface area contributed by atoms with Gasteiger partial charge < -0.3 is 10.1 Å². The first-order chi connectivity index (χ1) is 12.0. The number of hydrogen-bond donors (Lipinski definition) is 1. The zero-order valence-electron chi connectivity index (χ0n) is 15.0. The van der Waals surface area contributed by atoms with E-state index in [4.69, 9.17) is 4.74 Å². The first-order valence-corrected chi connectivity index (χ1v) is 9.53. The van der Waals surface area contributed by atoms with Gasteiger partial charge in [0.25, 0.3) is 0 Å². The average molecular weight is 359 g/mol. The van der Waals surface area contributed by atoms with E-state index in [1.165, 1.54) is 16.9 Å². The molecule has 0 aliphatic carbocycles. The number of aromatic nitrogens is 1. The number of carbonyl (C=O) groups is 1. The molecular formula is C19H25N3O2S. The summed E-state index contributed by atoms with van der Waals surface area (Å²) in [6.07, 6.45) is 0.861. The maximum Gasteiger partial charge on any atom is 0.230 e. The molecule has 1 N–H and O–H groups in total. The number of thiazole rings is 1. The monoisotopic (exact) mass is 359 g/mol. The molecule has 5 nitrogen and oxygen atoms in total. The minimum Gasteiger partial charge on any atom is -0.373 e.